The van der Waals surface area contributed by atoms with Crippen LogP contribution in [0.4, 0.5) is 5.69 Å². The average molecular weight is 301 g/mol. The molecule has 2 rings (SSSR count). The topological polar surface area (TPSA) is 84.2 Å². The molecule has 0 radical (unpaired) electrons. The molecule has 0 atom stereocenters. The van der Waals surface area contributed by atoms with Gasteiger partial charge in [0.2, 0.25) is 5.91 Å². The summed E-state index contributed by atoms with van der Waals surface area (Å²) < 4.78 is 1.66. The number of para-hydroxylation sites is 1. The number of carboxylic acid groups (broad SMARTS) is 1. The summed E-state index contributed by atoms with van der Waals surface area (Å²) in [5.41, 5.74) is 0.889. The van der Waals surface area contributed by atoms with Gasteiger partial charge in [-0.05, 0) is 17.5 Å². The maximum atomic E-state index is 12.0. The molecule has 2 N–H and O–H groups in total. The van der Waals surface area contributed by atoms with Crippen LogP contribution in [-0.2, 0) is 9.59 Å². The van der Waals surface area contributed by atoms with Crippen LogP contribution in [0.3, 0.4) is 0 Å². The van der Waals surface area contributed by atoms with E-state index in [1.54, 1.807) is 30.9 Å². The number of hydrogen-bond donors (Lipinski definition) is 2. The summed E-state index contributed by atoms with van der Waals surface area (Å²) in [6, 6.07) is 9.55. The molecule has 1 aromatic heterocycles. The largest absolute Gasteiger partial charge is 0.481 e. The molecule has 0 unspecified atom stereocenters. The number of anilines is 1. The Kier molecular flexibility index (Phi) is 4.60. The molecular formula is C16H19N3O3. The number of nitrogens with one attached hydrogen (secondary N) is 1. The third-order valence-corrected chi connectivity index (χ3v) is 3.16. The molecule has 22 heavy (non-hydrogen) atoms. The predicted molar refractivity (Wildman–Crippen MR) is 82.8 cm³/mol. The molecule has 1 aromatic carbocycles. The number of rotatable bonds is 6. The van der Waals surface area contributed by atoms with Crippen molar-refractivity contribution >= 4 is 17.6 Å². The molecule has 0 spiro atoms. The summed E-state index contributed by atoms with van der Waals surface area (Å²) in [4.78, 5) is 22.8. The van der Waals surface area contributed by atoms with Crippen molar-refractivity contribution in [2.24, 2.45) is 5.41 Å². The van der Waals surface area contributed by atoms with Crippen molar-refractivity contribution in [3.8, 4) is 5.69 Å². The van der Waals surface area contributed by atoms with Crippen LogP contribution in [0.2, 0.25) is 0 Å². The van der Waals surface area contributed by atoms with E-state index in [-0.39, 0.29) is 18.7 Å². The number of carbonyl (C=O) groups is 2. The summed E-state index contributed by atoms with van der Waals surface area (Å²) >= 11 is 0. The number of aliphatic carboxylic acids is 1. The van der Waals surface area contributed by atoms with Gasteiger partial charge in [-0.1, -0.05) is 32.0 Å². The lowest BCUT2D eigenvalue weighted by Gasteiger charge is -2.21. The molecule has 0 aliphatic heterocycles. The van der Waals surface area contributed by atoms with Crippen molar-refractivity contribution in [2.45, 2.75) is 26.7 Å². The fourth-order valence-electron chi connectivity index (χ4n) is 2.22. The molecule has 0 saturated carbocycles. The summed E-state index contributed by atoms with van der Waals surface area (Å²) in [5, 5.41) is 15.8. The number of amides is 1. The van der Waals surface area contributed by atoms with E-state index in [2.05, 4.69) is 10.4 Å². The van der Waals surface area contributed by atoms with Crippen LogP contribution in [0.1, 0.15) is 26.7 Å². The molecule has 0 saturated heterocycles. The Hall–Kier alpha value is -2.63. The van der Waals surface area contributed by atoms with Gasteiger partial charge in [-0.25, -0.2) is 4.68 Å². The van der Waals surface area contributed by atoms with Crippen molar-refractivity contribution in [1.82, 2.24) is 9.78 Å². The second-order valence-corrected chi connectivity index (χ2v) is 5.97. The fraction of sp³-hybridized carbons (Fsp3) is 0.312. The van der Waals surface area contributed by atoms with Gasteiger partial charge < -0.3 is 10.4 Å². The molecule has 6 heteroatoms. The van der Waals surface area contributed by atoms with Crippen molar-refractivity contribution < 1.29 is 14.7 Å². The van der Waals surface area contributed by atoms with Crippen molar-refractivity contribution in [3.63, 3.8) is 0 Å². The summed E-state index contributed by atoms with van der Waals surface area (Å²) in [6.45, 7) is 3.52. The first-order chi connectivity index (χ1) is 10.4. The Labute approximate surface area is 128 Å². The van der Waals surface area contributed by atoms with E-state index in [0.29, 0.717) is 5.69 Å². The van der Waals surface area contributed by atoms with Crippen molar-refractivity contribution in [2.75, 3.05) is 5.32 Å². The lowest BCUT2D eigenvalue weighted by Crippen LogP contribution is -2.24. The van der Waals surface area contributed by atoms with Gasteiger partial charge in [-0.2, -0.15) is 5.10 Å². The quantitative estimate of drug-likeness (QED) is 0.859. The van der Waals surface area contributed by atoms with Crippen LogP contribution in [0.25, 0.3) is 5.69 Å². The van der Waals surface area contributed by atoms with Crippen LogP contribution < -0.4 is 5.32 Å². The number of carbonyl (C=O) groups excluding carboxylic acids is 1. The van der Waals surface area contributed by atoms with Crippen LogP contribution in [-0.4, -0.2) is 26.8 Å². The molecule has 0 fully saturated rings. The van der Waals surface area contributed by atoms with Crippen LogP contribution in [0.15, 0.2) is 42.7 Å². The first-order valence-electron chi connectivity index (χ1n) is 6.97. The zero-order valence-electron chi connectivity index (χ0n) is 12.6. The van der Waals surface area contributed by atoms with Crippen LogP contribution in [0, 0.1) is 5.41 Å². The molecule has 0 bridgehead atoms. The maximum Gasteiger partial charge on any atom is 0.303 e. The average Bonchev–Trinajstić information content (AvgIpc) is 2.85. The SMILES string of the molecule is CC(C)(CC(=O)O)CC(=O)Nc1cnn(-c2ccccc2)c1. The van der Waals surface area contributed by atoms with Crippen LogP contribution in [0.5, 0.6) is 0 Å². The third-order valence-electron chi connectivity index (χ3n) is 3.16. The molecule has 6 nitrogen and oxygen atoms in total. The smallest absolute Gasteiger partial charge is 0.303 e. The Morgan fingerprint density at radius 3 is 2.55 bits per heavy atom. The van der Waals surface area contributed by atoms with Crippen molar-refractivity contribution in [1.29, 1.82) is 0 Å². The second kappa shape index (κ2) is 6.43. The van der Waals surface area contributed by atoms with E-state index in [0.717, 1.165) is 5.69 Å². The zero-order valence-corrected chi connectivity index (χ0v) is 12.6. The number of hydrogen-bond acceptors (Lipinski definition) is 3. The molecule has 0 aliphatic rings. The van der Waals surface area contributed by atoms with E-state index < -0.39 is 11.4 Å². The van der Waals surface area contributed by atoms with Gasteiger partial charge in [-0.15, -0.1) is 0 Å². The molecule has 116 valence electrons. The summed E-state index contributed by atoms with van der Waals surface area (Å²) in [7, 11) is 0. The van der Waals surface area contributed by atoms with Gasteiger partial charge in [0, 0.05) is 6.42 Å². The van der Waals surface area contributed by atoms with Gasteiger partial charge in [-0.3, -0.25) is 9.59 Å². The highest BCUT2D eigenvalue weighted by molar-refractivity contribution is 5.91. The van der Waals surface area contributed by atoms with E-state index in [1.165, 1.54) is 0 Å². The minimum absolute atomic E-state index is 0.0519. The first-order valence-corrected chi connectivity index (χ1v) is 6.97. The van der Waals surface area contributed by atoms with E-state index in [9.17, 15) is 9.59 Å². The maximum absolute atomic E-state index is 12.0. The summed E-state index contributed by atoms with van der Waals surface area (Å²) in [5.74, 6) is -1.13. The molecule has 0 aliphatic carbocycles. The van der Waals surface area contributed by atoms with Crippen LogP contribution >= 0.6 is 0 Å². The first kappa shape index (κ1) is 15.8. The lowest BCUT2D eigenvalue weighted by atomic mass is 9.85. The predicted octanol–water partition coefficient (Wildman–Crippen LogP) is 2.70. The second-order valence-electron chi connectivity index (χ2n) is 5.97. The zero-order chi connectivity index (χ0) is 16.2. The monoisotopic (exact) mass is 301 g/mol. The number of benzene rings is 1. The highest BCUT2D eigenvalue weighted by Gasteiger charge is 2.25. The minimum Gasteiger partial charge on any atom is -0.481 e. The molecule has 1 amide bonds. The fourth-order valence-corrected chi connectivity index (χ4v) is 2.22. The molecule has 1 heterocycles. The summed E-state index contributed by atoms with van der Waals surface area (Å²) in [6.07, 6.45) is 3.37. The Bertz CT molecular complexity index is 662. The molecule has 2 aromatic rings. The standard InChI is InChI=1S/C16H19N3O3/c1-16(2,9-15(21)22)8-14(20)18-12-10-17-19(11-12)13-6-4-3-5-7-13/h3-7,10-11H,8-9H2,1-2H3,(H,18,20)(H,21,22). The van der Waals surface area contributed by atoms with E-state index in [4.69, 9.17) is 5.11 Å². The highest BCUT2D eigenvalue weighted by atomic mass is 16.4. The third kappa shape index (κ3) is 4.44. The van der Waals surface area contributed by atoms with Gasteiger partial charge in [0.15, 0.2) is 0 Å². The minimum atomic E-state index is -0.908. The van der Waals surface area contributed by atoms with Crippen molar-refractivity contribution in [3.05, 3.63) is 42.7 Å². The number of carboxylic acids is 1. The normalized spacial score (nSPS) is 11.2. The Morgan fingerprint density at radius 1 is 1.23 bits per heavy atom. The number of nitrogens with zero attached hydrogens (tertiary/aromatic N) is 2. The van der Waals surface area contributed by atoms with Gasteiger partial charge in [0.25, 0.3) is 0 Å². The lowest BCUT2D eigenvalue weighted by molar-refractivity contribution is -0.139. The van der Waals surface area contributed by atoms with Gasteiger partial charge in [0.05, 0.1) is 30.2 Å². The number of aromatic nitrogens is 2. The Balaban J connectivity index is 1.98. The molecular weight excluding hydrogens is 282 g/mol. The Morgan fingerprint density at radius 2 is 1.91 bits per heavy atom. The van der Waals surface area contributed by atoms with Gasteiger partial charge in [0.1, 0.15) is 0 Å². The van der Waals surface area contributed by atoms with E-state index >= 15 is 0 Å². The highest BCUT2D eigenvalue weighted by Crippen LogP contribution is 2.25. The van der Waals surface area contributed by atoms with Gasteiger partial charge >= 0.3 is 5.97 Å². The van der Waals surface area contributed by atoms with E-state index in [1.807, 2.05) is 30.3 Å².